The number of fused-ring (bicyclic) bond motifs is 1. The van der Waals surface area contributed by atoms with Crippen molar-refractivity contribution in [2.75, 3.05) is 11.4 Å². The van der Waals surface area contributed by atoms with E-state index in [0.717, 1.165) is 4.90 Å². The van der Waals surface area contributed by atoms with Gasteiger partial charge >= 0.3 is 6.18 Å². The molecule has 0 spiro atoms. The maximum Gasteiger partial charge on any atom is 0.405 e. The maximum atomic E-state index is 12.5. The number of halogens is 4. The molecule has 2 N–H and O–H groups in total. The number of nitrogens with zero attached hydrogens (tertiary/aromatic N) is 5. The zero-order valence-corrected chi connectivity index (χ0v) is 15.9. The summed E-state index contributed by atoms with van der Waals surface area (Å²) in [5.41, 5.74) is -0.256. The molecule has 12 heteroatoms. The molecule has 0 atom stereocenters. The molecule has 0 saturated heterocycles. The van der Waals surface area contributed by atoms with E-state index in [4.69, 9.17) is 11.6 Å². The van der Waals surface area contributed by atoms with E-state index in [1.165, 1.54) is 18.5 Å². The molecule has 0 unspecified atom stereocenters. The van der Waals surface area contributed by atoms with Crippen LogP contribution in [0.15, 0.2) is 30.7 Å². The highest BCUT2D eigenvalue weighted by Crippen LogP contribution is 2.44. The van der Waals surface area contributed by atoms with E-state index in [1.54, 1.807) is 12.3 Å². The Hall–Kier alpha value is -3.39. The summed E-state index contributed by atoms with van der Waals surface area (Å²) in [6.07, 6.45) is 2.32. The molecule has 154 valence electrons. The molecule has 3 heterocycles. The average Bonchev–Trinajstić information content (AvgIpc) is 3.39. The molecule has 30 heavy (non-hydrogen) atoms. The highest BCUT2D eigenvalue weighted by atomic mass is 35.5. The number of aromatic nitrogens is 4. The van der Waals surface area contributed by atoms with E-state index in [9.17, 15) is 23.2 Å². The minimum atomic E-state index is -4.55. The third kappa shape index (κ3) is 3.61. The molecule has 4 rings (SSSR count). The minimum absolute atomic E-state index is 0.103. The summed E-state index contributed by atoms with van der Waals surface area (Å²) in [7, 11) is 0. The van der Waals surface area contributed by atoms with Gasteiger partial charge in [0, 0.05) is 35.6 Å². The van der Waals surface area contributed by atoms with Gasteiger partial charge in [-0.1, -0.05) is 11.6 Å². The molecule has 8 nitrogen and oxygen atoms in total. The van der Waals surface area contributed by atoms with Crippen molar-refractivity contribution in [2.24, 2.45) is 0 Å². The van der Waals surface area contributed by atoms with Gasteiger partial charge in [0.15, 0.2) is 12.0 Å². The summed E-state index contributed by atoms with van der Waals surface area (Å²) < 4.78 is 37.4. The predicted octanol–water partition coefficient (Wildman–Crippen LogP) is 3.17. The second-order valence-electron chi connectivity index (χ2n) is 6.76. The summed E-state index contributed by atoms with van der Waals surface area (Å²) in [6, 6.07) is 3.10. The molecule has 0 aromatic carbocycles. The Kier molecular flexibility index (Phi) is 4.74. The highest BCUT2D eigenvalue weighted by Gasteiger charge is 2.56. The predicted molar refractivity (Wildman–Crippen MR) is 101 cm³/mol. The van der Waals surface area contributed by atoms with E-state index >= 15 is 0 Å². The van der Waals surface area contributed by atoms with Crippen LogP contribution in [-0.4, -0.2) is 44.1 Å². The second-order valence-corrected chi connectivity index (χ2v) is 7.19. The Labute approximate surface area is 172 Å². The fourth-order valence-corrected chi connectivity index (χ4v) is 3.31. The monoisotopic (exact) mass is 435 g/mol. The Bertz CT molecular complexity index is 1170. The van der Waals surface area contributed by atoms with Gasteiger partial charge in [-0.15, -0.1) is 0 Å². The average molecular weight is 436 g/mol. The van der Waals surface area contributed by atoms with Crippen molar-refractivity contribution in [1.82, 2.24) is 25.3 Å². The van der Waals surface area contributed by atoms with Gasteiger partial charge in [-0.25, -0.2) is 19.9 Å². The fourth-order valence-electron chi connectivity index (χ4n) is 3.15. The van der Waals surface area contributed by atoms with Gasteiger partial charge in [0.05, 0.1) is 5.02 Å². The van der Waals surface area contributed by atoms with Gasteiger partial charge in [0.1, 0.15) is 23.5 Å². The van der Waals surface area contributed by atoms with Crippen LogP contribution in [0.2, 0.25) is 5.02 Å². The van der Waals surface area contributed by atoms with Crippen LogP contribution < -0.4 is 10.2 Å². The fraction of sp³-hybridized carbons (Fsp3) is 0.278. The number of rotatable bonds is 5. The van der Waals surface area contributed by atoms with E-state index in [0.29, 0.717) is 21.6 Å². The quantitative estimate of drug-likeness (QED) is 0.470. The first-order valence-electron chi connectivity index (χ1n) is 8.74. The SMILES string of the molecule is N#CN(c1ccnc(-c2c[nH]c3ncc(Cl)cc23)n1)C1(C(=O)NCC(F)(F)F)CC1. The van der Waals surface area contributed by atoms with Crippen molar-refractivity contribution in [1.29, 1.82) is 5.26 Å². The molecule has 0 aliphatic heterocycles. The number of hydrogen-bond donors (Lipinski definition) is 2. The largest absolute Gasteiger partial charge is 0.405 e. The summed E-state index contributed by atoms with van der Waals surface area (Å²) in [5, 5.41) is 12.6. The zero-order chi connectivity index (χ0) is 21.5. The van der Waals surface area contributed by atoms with Crippen molar-refractivity contribution in [3.63, 3.8) is 0 Å². The van der Waals surface area contributed by atoms with Crippen LogP contribution in [0.4, 0.5) is 19.0 Å². The molecule has 1 aliphatic rings. The van der Waals surface area contributed by atoms with Crippen LogP contribution in [0.5, 0.6) is 0 Å². The Morgan fingerprint density at radius 3 is 2.83 bits per heavy atom. The second kappa shape index (κ2) is 7.14. The van der Waals surface area contributed by atoms with Gasteiger partial charge in [0.2, 0.25) is 5.91 Å². The molecule has 1 amide bonds. The number of alkyl halides is 3. The first kappa shape index (κ1) is 19.9. The number of nitrogens with one attached hydrogen (secondary N) is 2. The third-order valence-electron chi connectivity index (χ3n) is 4.73. The van der Waals surface area contributed by atoms with Crippen LogP contribution in [-0.2, 0) is 4.79 Å². The van der Waals surface area contributed by atoms with Gasteiger partial charge < -0.3 is 10.3 Å². The molecule has 1 aliphatic carbocycles. The molecule has 1 saturated carbocycles. The number of amides is 1. The smallest absolute Gasteiger partial charge is 0.345 e. The summed E-state index contributed by atoms with van der Waals surface area (Å²) >= 11 is 6.01. The molecular weight excluding hydrogens is 423 g/mol. The van der Waals surface area contributed by atoms with E-state index in [2.05, 4.69) is 19.9 Å². The first-order valence-corrected chi connectivity index (χ1v) is 9.12. The zero-order valence-electron chi connectivity index (χ0n) is 15.2. The topological polar surface area (TPSA) is 111 Å². The van der Waals surface area contributed by atoms with Crippen molar-refractivity contribution >= 4 is 34.4 Å². The number of anilines is 1. The Morgan fingerprint density at radius 2 is 2.17 bits per heavy atom. The van der Waals surface area contributed by atoms with Crippen molar-refractivity contribution in [3.8, 4) is 17.6 Å². The minimum Gasteiger partial charge on any atom is -0.345 e. The van der Waals surface area contributed by atoms with E-state index in [1.807, 2.05) is 11.5 Å². The summed E-state index contributed by atoms with van der Waals surface area (Å²) in [5.74, 6) is -0.523. The molecule has 0 radical (unpaired) electrons. The van der Waals surface area contributed by atoms with Crippen LogP contribution in [0.3, 0.4) is 0 Å². The van der Waals surface area contributed by atoms with Gasteiger partial charge in [0.25, 0.3) is 0 Å². The molecule has 3 aromatic heterocycles. The van der Waals surface area contributed by atoms with E-state index < -0.39 is 24.2 Å². The van der Waals surface area contributed by atoms with Gasteiger partial charge in [-0.2, -0.15) is 18.4 Å². The summed E-state index contributed by atoms with van der Waals surface area (Å²) in [6.45, 7) is -1.47. The van der Waals surface area contributed by atoms with Gasteiger partial charge in [-0.05, 0) is 18.9 Å². The molecular formula is C18H13ClF3N7O. The van der Waals surface area contributed by atoms with Crippen LogP contribution in [0, 0.1) is 11.5 Å². The lowest BCUT2D eigenvalue weighted by atomic mass is 10.2. The Morgan fingerprint density at radius 1 is 1.40 bits per heavy atom. The van der Waals surface area contributed by atoms with Crippen molar-refractivity contribution < 1.29 is 18.0 Å². The number of hydrogen-bond acceptors (Lipinski definition) is 6. The molecule has 0 bridgehead atoms. The number of pyridine rings is 1. The standard InChI is InChI=1S/C18H13ClF3N7O/c19-10-5-11-12(7-26-14(11)25-6-10)15-24-4-1-13(28-15)29(9-23)17(2-3-17)16(30)27-8-18(20,21)22/h1,4-7H,2-3,8H2,(H,25,26)(H,27,30). The van der Waals surface area contributed by atoms with Crippen LogP contribution >= 0.6 is 11.6 Å². The maximum absolute atomic E-state index is 12.5. The van der Waals surface area contributed by atoms with Crippen molar-refractivity contribution in [3.05, 3.63) is 35.7 Å². The number of carbonyl (C=O) groups is 1. The normalized spacial score (nSPS) is 14.9. The first-order chi connectivity index (χ1) is 14.2. The lowest BCUT2D eigenvalue weighted by molar-refractivity contribution is -0.139. The lowest BCUT2D eigenvalue weighted by Gasteiger charge is -2.25. The summed E-state index contributed by atoms with van der Waals surface area (Å²) in [4.78, 5) is 29.1. The van der Waals surface area contributed by atoms with Crippen LogP contribution in [0.25, 0.3) is 22.4 Å². The van der Waals surface area contributed by atoms with Crippen LogP contribution in [0.1, 0.15) is 12.8 Å². The number of carbonyl (C=O) groups excluding carboxylic acids is 1. The van der Waals surface area contributed by atoms with Gasteiger partial charge in [-0.3, -0.25) is 4.79 Å². The Balaban J connectivity index is 1.66. The van der Waals surface area contributed by atoms with Crippen molar-refractivity contribution in [2.45, 2.75) is 24.6 Å². The number of nitriles is 1. The molecule has 1 fully saturated rings. The highest BCUT2D eigenvalue weighted by molar-refractivity contribution is 6.31. The number of aromatic amines is 1. The number of H-pyrrole nitrogens is 1. The molecule has 3 aromatic rings. The lowest BCUT2D eigenvalue weighted by Crippen LogP contribution is -2.49. The van der Waals surface area contributed by atoms with E-state index in [-0.39, 0.29) is 24.5 Å². The third-order valence-corrected chi connectivity index (χ3v) is 4.94.